The smallest absolute Gasteiger partial charge is 0.322 e. The zero-order valence-corrected chi connectivity index (χ0v) is 18.3. The van der Waals surface area contributed by atoms with Gasteiger partial charge in [0.15, 0.2) is 0 Å². The summed E-state index contributed by atoms with van der Waals surface area (Å²) in [5.41, 5.74) is 2.87. The van der Waals surface area contributed by atoms with E-state index in [2.05, 4.69) is 12.2 Å². The van der Waals surface area contributed by atoms with Gasteiger partial charge >= 0.3 is 16.1 Å². The van der Waals surface area contributed by atoms with Crippen molar-refractivity contribution in [3.8, 4) is 5.75 Å². The molecule has 0 saturated carbocycles. The van der Waals surface area contributed by atoms with Crippen LogP contribution in [0.3, 0.4) is 0 Å². The number of carbonyl (C=O) groups is 1. The van der Waals surface area contributed by atoms with E-state index in [1.54, 1.807) is 29.2 Å². The van der Waals surface area contributed by atoms with Crippen LogP contribution in [-0.4, -0.2) is 31.1 Å². The molecule has 2 amide bonds. The highest BCUT2D eigenvalue weighted by molar-refractivity contribution is 7.87. The summed E-state index contributed by atoms with van der Waals surface area (Å²) in [6.07, 6.45) is 1.77. The fourth-order valence-electron chi connectivity index (χ4n) is 2.72. The predicted molar refractivity (Wildman–Crippen MR) is 117 cm³/mol. The van der Waals surface area contributed by atoms with Gasteiger partial charge in [-0.1, -0.05) is 38.1 Å². The molecule has 1 N–H and O–H groups in total. The van der Waals surface area contributed by atoms with Crippen molar-refractivity contribution in [1.29, 1.82) is 0 Å². The fraction of sp³-hybridized carbons (Fsp3) is 0.409. The molecule has 0 saturated heterocycles. The summed E-state index contributed by atoms with van der Waals surface area (Å²) in [6, 6.07) is 14.5. The fourth-order valence-corrected chi connectivity index (χ4v) is 3.24. The van der Waals surface area contributed by atoms with Crippen LogP contribution in [-0.2, 0) is 23.1 Å². The highest BCUT2D eigenvalue weighted by Gasteiger charge is 2.20. The van der Waals surface area contributed by atoms with E-state index >= 15 is 0 Å². The van der Waals surface area contributed by atoms with E-state index in [9.17, 15) is 13.2 Å². The molecular weight excluding hydrogens is 388 g/mol. The van der Waals surface area contributed by atoms with E-state index in [1.807, 2.05) is 38.1 Å². The third-order valence-corrected chi connectivity index (χ3v) is 6.00. The van der Waals surface area contributed by atoms with Gasteiger partial charge in [-0.2, -0.15) is 8.42 Å². The van der Waals surface area contributed by atoms with Gasteiger partial charge in [0.2, 0.25) is 0 Å². The molecule has 0 bridgehead atoms. The van der Waals surface area contributed by atoms with Crippen LogP contribution in [0.1, 0.15) is 45.2 Å². The first-order valence-corrected chi connectivity index (χ1v) is 11.5. The first kappa shape index (κ1) is 22.7. The van der Waals surface area contributed by atoms with Crippen LogP contribution in [0, 0.1) is 0 Å². The molecular formula is C22H30N2O4S. The summed E-state index contributed by atoms with van der Waals surface area (Å²) in [7, 11) is -3.55. The number of nitrogens with zero attached hydrogens (tertiary/aromatic N) is 1. The second-order valence-corrected chi connectivity index (χ2v) is 8.80. The number of hydrogen-bond acceptors (Lipinski definition) is 4. The maximum Gasteiger partial charge on any atom is 0.322 e. The SMILES string of the molecule is CCc1ccc(NC(=O)N(Cc2ccc(OS(=O)(=O)CC)cc2)[C@@H](C)CC)cc1. The minimum atomic E-state index is -3.55. The molecule has 1 atom stereocenters. The summed E-state index contributed by atoms with van der Waals surface area (Å²) in [4.78, 5) is 14.6. The van der Waals surface area contributed by atoms with E-state index in [0.29, 0.717) is 6.54 Å². The number of nitrogens with one attached hydrogen (secondary N) is 1. The molecule has 2 rings (SSSR count). The largest absolute Gasteiger partial charge is 0.382 e. The van der Waals surface area contributed by atoms with Gasteiger partial charge in [-0.25, -0.2) is 4.79 Å². The minimum absolute atomic E-state index is 0.0429. The summed E-state index contributed by atoms with van der Waals surface area (Å²) in [6.45, 7) is 8.07. The highest BCUT2D eigenvalue weighted by atomic mass is 32.2. The van der Waals surface area contributed by atoms with Gasteiger partial charge in [0, 0.05) is 18.3 Å². The quantitative estimate of drug-likeness (QED) is 0.593. The molecule has 0 spiro atoms. The highest BCUT2D eigenvalue weighted by Crippen LogP contribution is 2.19. The minimum Gasteiger partial charge on any atom is -0.382 e. The van der Waals surface area contributed by atoms with Crippen molar-refractivity contribution in [2.24, 2.45) is 0 Å². The Labute approximate surface area is 174 Å². The van der Waals surface area contributed by atoms with Crippen LogP contribution in [0.2, 0.25) is 0 Å². The molecule has 2 aromatic carbocycles. The van der Waals surface area contributed by atoms with Crippen LogP contribution < -0.4 is 9.50 Å². The molecule has 0 radical (unpaired) electrons. The summed E-state index contributed by atoms with van der Waals surface area (Å²) in [5.74, 6) is 0.182. The summed E-state index contributed by atoms with van der Waals surface area (Å²) in [5, 5.41) is 2.96. The van der Waals surface area contributed by atoms with E-state index in [4.69, 9.17) is 4.18 Å². The number of rotatable bonds is 9. The second-order valence-electron chi connectivity index (χ2n) is 6.94. The molecule has 158 valence electrons. The second kappa shape index (κ2) is 10.3. The van der Waals surface area contributed by atoms with Crippen LogP contribution in [0.4, 0.5) is 10.5 Å². The van der Waals surface area contributed by atoms with Gasteiger partial charge < -0.3 is 14.4 Å². The lowest BCUT2D eigenvalue weighted by atomic mass is 10.1. The normalized spacial score (nSPS) is 12.3. The van der Waals surface area contributed by atoms with Crippen LogP contribution in [0.25, 0.3) is 0 Å². The average molecular weight is 419 g/mol. The molecule has 7 heteroatoms. The Balaban J connectivity index is 2.10. The number of benzene rings is 2. The van der Waals surface area contributed by atoms with Crippen molar-refractivity contribution >= 4 is 21.8 Å². The molecule has 6 nitrogen and oxygen atoms in total. The standard InChI is InChI=1S/C22H30N2O4S/c1-5-17(4)24(22(25)23-20-12-8-18(6-2)9-13-20)16-19-10-14-21(15-11-19)28-29(26,27)7-3/h8-15,17H,5-7,16H2,1-4H3,(H,23,25)/t17-/m0/s1. The first-order valence-electron chi connectivity index (χ1n) is 9.95. The van der Waals surface area contributed by atoms with E-state index < -0.39 is 10.1 Å². The number of urea groups is 1. The van der Waals surface area contributed by atoms with E-state index in [0.717, 1.165) is 24.1 Å². The van der Waals surface area contributed by atoms with Crippen molar-refractivity contribution in [3.05, 3.63) is 59.7 Å². The Morgan fingerprint density at radius 1 is 1.00 bits per heavy atom. The lowest BCUT2D eigenvalue weighted by Gasteiger charge is -2.29. The van der Waals surface area contributed by atoms with Crippen LogP contribution in [0.5, 0.6) is 5.75 Å². The van der Waals surface area contributed by atoms with Gasteiger partial charge in [0.25, 0.3) is 0 Å². The Morgan fingerprint density at radius 2 is 1.59 bits per heavy atom. The molecule has 0 fully saturated rings. The van der Waals surface area contributed by atoms with Gasteiger partial charge in [-0.15, -0.1) is 0 Å². The molecule has 0 heterocycles. The molecule has 0 aliphatic heterocycles. The van der Waals surface area contributed by atoms with Crippen molar-refractivity contribution in [3.63, 3.8) is 0 Å². The zero-order chi connectivity index (χ0) is 21.4. The Kier molecular flexibility index (Phi) is 8.08. The zero-order valence-electron chi connectivity index (χ0n) is 17.5. The van der Waals surface area contributed by atoms with Crippen molar-refractivity contribution in [1.82, 2.24) is 4.90 Å². The number of anilines is 1. The summed E-state index contributed by atoms with van der Waals surface area (Å²) < 4.78 is 28.2. The Bertz CT molecular complexity index is 893. The van der Waals surface area contributed by atoms with Crippen LogP contribution >= 0.6 is 0 Å². The Morgan fingerprint density at radius 3 is 2.10 bits per heavy atom. The van der Waals surface area contributed by atoms with Crippen molar-refractivity contribution in [2.45, 2.75) is 53.1 Å². The molecule has 0 aromatic heterocycles. The molecule has 29 heavy (non-hydrogen) atoms. The number of aryl methyl sites for hydroxylation is 1. The van der Waals surface area contributed by atoms with Gasteiger partial charge in [0.05, 0.1) is 5.75 Å². The maximum absolute atomic E-state index is 12.9. The predicted octanol–water partition coefficient (Wildman–Crippen LogP) is 4.81. The maximum atomic E-state index is 12.9. The topological polar surface area (TPSA) is 75.7 Å². The average Bonchev–Trinajstić information content (AvgIpc) is 2.73. The van der Waals surface area contributed by atoms with E-state index in [1.165, 1.54) is 12.5 Å². The van der Waals surface area contributed by atoms with Gasteiger partial charge in [0.1, 0.15) is 5.75 Å². The third kappa shape index (κ3) is 6.78. The molecule has 0 aliphatic rings. The first-order chi connectivity index (χ1) is 13.8. The molecule has 0 aliphatic carbocycles. The summed E-state index contributed by atoms with van der Waals surface area (Å²) >= 11 is 0. The lowest BCUT2D eigenvalue weighted by Crippen LogP contribution is -2.40. The number of hydrogen-bond donors (Lipinski definition) is 1. The van der Waals surface area contributed by atoms with E-state index in [-0.39, 0.29) is 23.6 Å². The lowest BCUT2D eigenvalue weighted by molar-refractivity contribution is 0.187. The van der Waals surface area contributed by atoms with Crippen molar-refractivity contribution in [2.75, 3.05) is 11.1 Å². The van der Waals surface area contributed by atoms with Gasteiger partial charge in [-0.3, -0.25) is 0 Å². The Hall–Kier alpha value is -2.54. The van der Waals surface area contributed by atoms with Crippen molar-refractivity contribution < 1.29 is 17.4 Å². The molecule has 0 unspecified atom stereocenters. The third-order valence-electron chi connectivity index (χ3n) is 4.85. The van der Waals surface area contributed by atoms with Gasteiger partial charge in [-0.05, 0) is 62.1 Å². The number of carbonyl (C=O) groups excluding carboxylic acids is 1. The van der Waals surface area contributed by atoms with Crippen LogP contribution in [0.15, 0.2) is 48.5 Å². The molecule has 2 aromatic rings. The monoisotopic (exact) mass is 418 g/mol. The number of amides is 2.